The van der Waals surface area contributed by atoms with Crippen molar-refractivity contribution >= 4 is 17.6 Å². The third-order valence-corrected chi connectivity index (χ3v) is 8.04. The van der Waals surface area contributed by atoms with Crippen LogP contribution in [0.3, 0.4) is 0 Å². The van der Waals surface area contributed by atoms with E-state index in [0.29, 0.717) is 19.4 Å². The van der Waals surface area contributed by atoms with Gasteiger partial charge in [0.15, 0.2) is 0 Å². The van der Waals surface area contributed by atoms with Crippen molar-refractivity contribution in [2.75, 3.05) is 19.0 Å². The van der Waals surface area contributed by atoms with Gasteiger partial charge in [-0.05, 0) is 42.7 Å². The van der Waals surface area contributed by atoms with Gasteiger partial charge < -0.3 is 10.1 Å². The fourth-order valence-corrected chi connectivity index (χ4v) is 7.14. The molecule has 6 rings (SSSR count). The number of benzene rings is 1. The quantitative estimate of drug-likeness (QED) is 0.798. The lowest BCUT2D eigenvalue weighted by atomic mass is 9.43. The lowest BCUT2D eigenvalue weighted by Crippen LogP contribution is -2.78. The molecule has 5 aliphatic rings. The van der Waals surface area contributed by atoms with Gasteiger partial charge in [-0.2, -0.15) is 5.26 Å². The molecule has 1 aromatic rings. The molecule has 1 N–H and O–H groups in total. The third kappa shape index (κ3) is 1.77. The van der Waals surface area contributed by atoms with Crippen LogP contribution in [0.5, 0.6) is 0 Å². The number of carbonyl (C=O) groups is 2. The molecule has 1 spiro atoms. The Morgan fingerprint density at radius 1 is 1.43 bits per heavy atom. The zero-order valence-electron chi connectivity index (χ0n) is 16.3. The van der Waals surface area contributed by atoms with Crippen LogP contribution in [-0.4, -0.2) is 42.5 Å². The van der Waals surface area contributed by atoms with Crippen molar-refractivity contribution in [2.24, 2.45) is 17.3 Å². The fourth-order valence-electron chi connectivity index (χ4n) is 7.14. The molecular weight excluding hydrogens is 354 g/mol. The molecule has 1 aromatic carbocycles. The highest BCUT2D eigenvalue weighted by molar-refractivity contribution is 6.10. The molecule has 0 aromatic heterocycles. The first-order valence-corrected chi connectivity index (χ1v) is 10.2. The van der Waals surface area contributed by atoms with E-state index in [9.17, 15) is 14.9 Å². The normalized spacial score (nSPS) is 42.6. The number of carbonyl (C=O) groups excluding carboxylic acids is 2. The third-order valence-electron chi connectivity index (χ3n) is 8.04. The van der Waals surface area contributed by atoms with Crippen molar-refractivity contribution in [3.05, 3.63) is 29.8 Å². The molecule has 6 nitrogen and oxygen atoms in total. The lowest BCUT2D eigenvalue weighted by Gasteiger charge is -2.67. The summed E-state index contributed by atoms with van der Waals surface area (Å²) >= 11 is 0. The van der Waals surface area contributed by atoms with E-state index in [0.717, 1.165) is 24.1 Å². The summed E-state index contributed by atoms with van der Waals surface area (Å²) in [4.78, 5) is 29.3. The SMILES string of the molecule is CC[C@H]1C[C@@H]2C[C@]3(C(=O)OC)[C@H]1N(CC[C@]31C(=O)Nc3ccccc31)[C@@H]2C#N. The molecule has 7 atom stereocenters. The molecule has 4 aliphatic heterocycles. The van der Waals surface area contributed by atoms with Gasteiger partial charge in [0.2, 0.25) is 5.91 Å². The molecule has 1 aliphatic carbocycles. The molecule has 4 bridgehead atoms. The molecule has 6 heteroatoms. The second-order valence-electron chi connectivity index (χ2n) is 8.74. The average molecular weight is 379 g/mol. The van der Waals surface area contributed by atoms with Crippen LogP contribution < -0.4 is 5.32 Å². The van der Waals surface area contributed by atoms with E-state index in [-0.39, 0.29) is 35.8 Å². The van der Waals surface area contributed by atoms with Gasteiger partial charge >= 0.3 is 5.97 Å². The number of esters is 1. The predicted octanol–water partition coefficient (Wildman–Crippen LogP) is 2.45. The van der Waals surface area contributed by atoms with Crippen LogP contribution in [0, 0.1) is 28.6 Å². The highest BCUT2D eigenvalue weighted by Crippen LogP contribution is 2.67. The number of hydrogen-bond acceptors (Lipinski definition) is 5. The van der Waals surface area contributed by atoms with Crippen LogP contribution in [0.15, 0.2) is 24.3 Å². The van der Waals surface area contributed by atoms with E-state index in [1.165, 1.54) is 7.11 Å². The van der Waals surface area contributed by atoms with Crippen molar-refractivity contribution in [1.29, 1.82) is 5.26 Å². The number of methoxy groups -OCH3 is 1. The monoisotopic (exact) mass is 379 g/mol. The number of amides is 1. The van der Waals surface area contributed by atoms with Gasteiger partial charge in [-0.3, -0.25) is 14.5 Å². The number of rotatable bonds is 2. The number of para-hydroxylation sites is 1. The molecule has 3 saturated heterocycles. The Kier molecular flexibility index (Phi) is 3.67. The molecule has 1 amide bonds. The van der Waals surface area contributed by atoms with Crippen LogP contribution in [0.2, 0.25) is 0 Å². The topological polar surface area (TPSA) is 82.4 Å². The minimum Gasteiger partial charge on any atom is -0.469 e. The lowest BCUT2D eigenvalue weighted by molar-refractivity contribution is -0.210. The van der Waals surface area contributed by atoms with E-state index in [2.05, 4.69) is 23.2 Å². The fraction of sp³-hybridized carbons (Fsp3) is 0.591. The molecule has 1 saturated carbocycles. The number of ether oxygens (including phenoxy) is 1. The Bertz CT molecular complexity index is 909. The van der Waals surface area contributed by atoms with Gasteiger partial charge in [0.25, 0.3) is 0 Å². The van der Waals surface area contributed by atoms with Crippen molar-refractivity contribution in [1.82, 2.24) is 4.90 Å². The Labute approximate surface area is 164 Å². The highest BCUT2D eigenvalue weighted by atomic mass is 16.5. The molecule has 146 valence electrons. The van der Waals surface area contributed by atoms with Gasteiger partial charge in [-0.1, -0.05) is 31.5 Å². The summed E-state index contributed by atoms with van der Waals surface area (Å²) < 4.78 is 5.40. The van der Waals surface area contributed by atoms with Crippen LogP contribution in [0.25, 0.3) is 0 Å². The highest BCUT2D eigenvalue weighted by Gasteiger charge is 2.76. The molecule has 28 heavy (non-hydrogen) atoms. The van der Waals surface area contributed by atoms with Gasteiger partial charge in [-0.15, -0.1) is 0 Å². The van der Waals surface area contributed by atoms with E-state index in [4.69, 9.17) is 4.74 Å². The largest absolute Gasteiger partial charge is 0.469 e. The molecule has 4 heterocycles. The summed E-state index contributed by atoms with van der Waals surface area (Å²) in [5.41, 5.74) is -0.158. The van der Waals surface area contributed by atoms with E-state index >= 15 is 0 Å². The van der Waals surface area contributed by atoms with Crippen molar-refractivity contribution in [2.45, 2.75) is 50.1 Å². The Morgan fingerprint density at radius 3 is 2.93 bits per heavy atom. The summed E-state index contributed by atoms with van der Waals surface area (Å²) in [5, 5.41) is 12.9. The van der Waals surface area contributed by atoms with Gasteiger partial charge in [0.05, 0.1) is 18.6 Å². The summed E-state index contributed by atoms with van der Waals surface area (Å²) in [5.74, 6) is -0.0276. The standard InChI is InChI=1S/C22H25N3O3/c1-3-13-10-14-11-22(20(27)28-2)18(13)25(17(14)12-23)9-8-21(22)15-6-4-5-7-16(15)24-19(21)26/h4-7,13-14,17-18H,3,8-11H2,1-2H3,(H,24,26)/t13-,14+,17+,18-,21-,22+/m0/s1. The number of piperidine rings is 3. The Balaban J connectivity index is 1.79. The number of nitriles is 1. The second-order valence-corrected chi connectivity index (χ2v) is 8.74. The Hall–Kier alpha value is -2.39. The van der Waals surface area contributed by atoms with E-state index < -0.39 is 10.8 Å². The minimum atomic E-state index is -0.951. The van der Waals surface area contributed by atoms with Gasteiger partial charge in [-0.25, -0.2) is 0 Å². The summed E-state index contributed by atoms with van der Waals surface area (Å²) in [6, 6.07) is 9.91. The second kappa shape index (κ2) is 5.81. The average Bonchev–Trinajstić information content (AvgIpc) is 3.02. The number of nitrogens with zero attached hydrogens (tertiary/aromatic N) is 2. The van der Waals surface area contributed by atoms with Crippen molar-refractivity contribution in [3.63, 3.8) is 0 Å². The first kappa shape index (κ1) is 17.7. The maximum Gasteiger partial charge on any atom is 0.314 e. The predicted molar refractivity (Wildman–Crippen MR) is 102 cm³/mol. The first-order chi connectivity index (χ1) is 13.5. The molecule has 0 radical (unpaired) electrons. The summed E-state index contributed by atoms with van der Waals surface area (Å²) in [6.45, 7) is 2.79. The zero-order valence-corrected chi connectivity index (χ0v) is 16.3. The number of fused-ring (bicyclic) bond motifs is 3. The summed E-state index contributed by atoms with van der Waals surface area (Å²) in [7, 11) is 1.42. The number of hydrogen-bond donors (Lipinski definition) is 1. The van der Waals surface area contributed by atoms with Crippen LogP contribution in [-0.2, 0) is 19.7 Å². The maximum atomic E-state index is 13.6. The van der Waals surface area contributed by atoms with Crippen LogP contribution in [0.1, 0.15) is 38.2 Å². The number of anilines is 1. The maximum absolute atomic E-state index is 13.6. The van der Waals surface area contributed by atoms with E-state index in [1.54, 1.807) is 0 Å². The molecular formula is C22H25N3O3. The number of nitrogens with one attached hydrogen (secondary N) is 1. The minimum absolute atomic E-state index is 0.0804. The molecule has 1 unspecified atom stereocenters. The summed E-state index contributed by atoms with van der Waals surface area (Å²) in [6.07, 6.45) is 2.93. The smallest absolute Gasteiger partial charge is 0.314 e. The van der Waals surface area contributed by atoms with Crippen LogP contribution in [0.4, 0.5) is 5.69 Å². The van der Waals surface area contributed by atoms with E-state index in [1.807, 2.05) is 24.3 Å². The van der Waals surface area contributed by atoms with Gasteiger partial charge in [0.1, 0.15) is 11.5 Å². The van der Waals surface area contributed by atoms with Crippen LogP contribution >= 0.6 is 0 Å². The van der Waals surface area contributed by atoms with Crippen molar-refractivity contribution < 1.29 is 14.3 Å². The first-order valence-electron chi connectivity index (χ1n) is 10.2. The zero-order chi connectivity index (χ0) is 19.7. The Morgan fingerprint density at radius 2 is 2.21 bits per heavy atom. The van der Waals surface area contributed by atoms with Gasteiger partial charge in [0, 0.05) is 18.3 Å². The van der Waals surface area contributed by atoms with Crippen molar-refractivity contribution in [3.8, 4) is 6.07 Å². The molecule has 4 fully saturated rings.